The van der Waals surface area contributed by atoms with E-state index in [1.165, 1.54) is 23.8 Å². The summed E-state index contributed by atoms with van der Waals surface area (Å²) in [7, 11) is 0. The molecule has 0 aliphatic rings. The Bertz CT molecular complexity index is 1130. The zero-order valence-corrected chi connectivity index (χ0v) is 17.8. The summed E-state index contributed by atoms with van der Waals surface area (Å²) >= 11 is 3.48. The Labute approximate surface area is 183 Å². The molecule has 0 saturated heterocycles. The van der Waals surface area contributed by atoms with E-state index >= 15 is 0 Å². The number of halogens is 1. The van der Waals surface area contributed by atoms with Gasteiger partial charge in [-0.25, -0.2) is 0 Å². The molecule has 0 heterocycles. The SMILES string of the molecule is Cc1cccc(COc2ccc(/C=C(\C#N)C(=O)Nc3ccc(O)cc3)cc2Br)c1. The number of benzene rings is 3. The van der Waals surface area contributed by atoms with Crippen LogP contribution in [-0.4, -0.2) is 11.0 Å². The molecule has 3 aromatic rings. The van der Waals surface area contributed by atoms with Crippen molar-refractivity contribution in [2.24, 2.45) is 0 Å². The number of nitrogens with one attached hydrogen (secondary N) is 1. The van der Waals surface area contributed by atoms with Crippen molar-refractivity contribution in [2.45, 2.75) is 13.5 Å². The molecule has 0 bridgehead atoms. The minimum absolute atomic E-state index is 0.0385. The molecule has 0 saturated carbocycles. The zero-order chi connectivity index (χ0) is 21.5. The quantitative estimate of drug-likeness (QED) is 0.284. The smallest absolute Gasteiger partial charge is 0.266 e. The lowest BCUT2D eigenvalue weighted by atomic mass is 10.1. The molecule has 3 rings (SSSR count). The average molecular weight is 463 g/mol. The molecule has 0 aliphatic carbocycles. The van der Waals surface area contributed by atoms with Gasteiger partial charge in [0.15, 0.2) is 0 Å². The van der Waals surface area contributed by atoms with E-state index in [-0.39, 0.29) is 11.3 Å². The number of amides is 1. The summed E-state index contributed by atoms with van der Waals surface area (Å²) in [4.78, 5) is 12.4. The van der Waals surface area contributed by atoms with Crippen LogP contribution in [0.15, 0.2) is 76.8 Å². The summed E-state index contributed by atoms with van der Waals surface area (Å²) in [6.45, 7) is 2.47. The number of aryl methyl sites for hydroxylation is 1. The van der Waals surface area contributed by atoms with Crippen molar-refractivity contribution in [3.8, 4) is 17.6 Å². The molecule has 2 N–H and O–H groups in total. The number of rotatable bonds is 6. The number of phenolic OH excluding ortho intramolecular Hbond substituents is 1. The van der Waals surface area contributed by atoms with E-state index in [4.69, 9.17) is 4.74 Å². The van der Waals surface area contributed by atoms with E-state index in [1.54, 1.807) is 30.3 Å². The summed E-state index contributed by atoms with van der Waals surface area (Å²) in [5, 5.41) is 21.3. The van der Waals surface area contributed by atoms with Gasteiger partial charge in [-0.15, -0.1) is 0 Å². The van der Waals surface area contributed by atoms with E-state index < -0.39 is 5.91 Å². The molecular weight excluding hydrogens is 444 g/mol. The first-order valence-corrected chi connectivity index (χ1v) is 9.94. The maximum Gasteiger partial charge on any atom is 0.266 e. The Morgan fingerprint density at radius 2 is 1.93 bits per heavy atom. The van der Waals surface area contributed by atoms with Crippen LogP contribution in [0.2, 0.25) is 0 Å². The summed E-state index contributed by atoms with van der Waals surface area (Å²) in [5.41, 5.74) is 3.37. The molecule has 150 valence electrons. The van der Waals surface area contributed by atoms with Crippen LogP contribution in [0.4, 0.5) is 5.69 Å². The fraction of sp³-hybridized carbons (Fsp3) is 0.0833. The van der Waals surface area contributed by atoms with E-state index in [2.05, 4.69) is 27.3 Å². The van der Waals surface area contributed by atoms with Crippen molar-refractivity contribution in [1.29, 1.82) is 5.26 Å². The van der Waals surface area contributed by atoms with Gasteiger partial charge in [0.2, 0.25) is 0 Å². The molecule has 0 radical (unpaired) electrons. The Morgan fingerprint density at radius 1 is 1.17 bits per heavy atom. The molecule has 3 aromatic carbocycles. The van der Waals surface area contributed by atoms with Gasteiger partial charge >= 0.3 is 0 Å². The van der Waals surface area contributed by atoms with Crippen molar-refractivity contribution < 1.29 is 14.6 Å². The number of nitrogens with zero attached hydrogens (tertiary/aromatic N) is 1. The maximum absolute atomic E-state index is 12.4. The highest BCUT2D eigenvalue weighted by Gasteiger charge is 2.11. The van der Waals surface area contributed by atoms with Gasteiger partial charge in [-0.3, -0.25) is 4.79 Å². The molecule has 5 nitrogen and oxygen atoms in total. The summed E-state index contributed by atoms with van der Waals surface area (Å²) in [6.07, 6.45) is 1.50. The summed E-state index contributed by atoms with van der Waals surface area (Å²) in [5.74, 6) is 0.235. The first kappa shape index (κ1) is 21.2. The number of anilines is 1. The molecule has 0 spiro atoms. The van der Waals surface area contributed by atoms with Crippen LogP contribution in [0, 0.1) is 18.3 Å². The van der Waals surface area contributed by atoms with Crippen molar-refractivity contribution in [3.63, 3.8) is 0 Å². The van der Waals surface area contributed by atoms with Crippen molar-refractivity contribution >= 4 is 33.6 Å². The van der Waals surface area contributed by atoms with Gasteiger partial charge in [0.05, 0.1) is 4.47 Å². The Kier molecular flexibility index (Phi) is 6.89. The standard InChI is InChI=1S/C24H19BrN2O3/c1-16-3-2-4-18(11-16)15-30-23-10-5-17(13-22(23)25)12-19(14-26)24(29)27-20-6-8-21(28)9-7-20/h2-13,28H,15H2,1H3,(H,27,29)/b19-12+. The number of nitriles is 1. The van der Waals surface area contributed by atoms with Crippen LogP contribution < -0.4 is 10.1 Å². The van der Waals surface area contributed by atoms with Gasteiger partial charge in [-0.2, -0.15) is 5.26 Å². The van der Waals surface area contributed by atoms with Gasteiger partial charge in [0.1, 0.15) is 29.7 Å². The lowest BCUT2D eigenvalue weighted by molar-refractivity contribution is -0.112. The van der Waals surface area contributed by atoms with Crippen LogP contribution in [0.3, 0.4) is 0 Å². The maximum atomic E-state index is 12.4. The predicted molar refractivity (Wildman–Crippen MR) is 120 cm³/mol. The van der Waals surface area contributed by atoms with Crippen molar-refractivity contribution in [1.82, 2.24) is 0 Å². The van der Waals surface area contributed by atoms with Gasteiger partial charge in [-0.1, -0.05) is 35.9 Å². The Morgan fingerprint density at radius 3 is 2.60 bits per heavy atom. The second-order valence-electron chi connectivity index (χ2n) is 6.64. The normalized spacial score (nSPS) is 10.9. The van der Waals surface area contributed by atoms with Crippen LogP contribution in [0.25, 0.3) is 6.08 Å². The molecule has 0 atom stereocenters. The first-order valence-electron chi connectivity index (χ1n) is 9.14. The van der Waals surface area contributed by atoms with E-state index in [1.807, 2.05) is 31.2 Å². The minimum Gasteiger partial charge on any atom is -0.508 e. The first-order chi connectivity index (χ1) is 14.4. The van der Waals surface area contributed by atoms with Gasteiger partial charge in [0, 0.05) is 5.69 Å². The van der Waals surface area contributed by atoms with Gasteiger partial charge in [-0.05, 0) is 76.5 Å². The minimum atomic E-state index is -0.529. The highest BCUT2D eigenvalue weighted by atomic mass is 79.9. The monoisotopic (exact) mass is 462 g/mol. The fourth-order valence-electron chi connectivity index (χ4n) is 2.75. The van der Waals surface area contributed by atoms with Crippen molar-refractivity contribution in [3.05, 3.63) is 93.5 Å². The molecule has 0 aromatic heterocycles. The highest BCUT2D eigenvalue weighted by molar-refractivity contribution is 9.10. The number of phenols is 1. The second kappa shape index (κ2) is 9.77. The highest BCUT2D eigenvalue weighted by Crippen LogP contribution is 2.28. The predicted octanol–water partition coefficient (Wildman–Crippen LogP) is 5.59. The molecule has 6 heteroatoms. The van der Waals surface area contributed by atoms with Crippen LogP contribution >= 0.6 is 15.9 Å². The van der Waals surface area contributed by atoms with E-state index in [0.717, 1.165) is 10.0 Å². The number of hydrogen-bond donors (Lipinski definition) is 2. The van der Waals surface area contributed by atoms with Crippen LogP contribution in [0.1, 0.15) is 16.7 Å². The molecule has 0 aliphatic heterocycles. The van der Waals surface area contributed by atoms with Crippen LogP contribution in [0.5, 0.6) is 11.5 Å². The third-order valence-electron chi connectivity index (χ3n) is 4.23. The van der Waals surface area contributed by atoms with Crippen molar-refractivity contribution in [2.75, 3.05) is 5.32 Å². The molecule has 0 fully saturated rings. The lowest BCUT2D eigenvalue weighted by Crippen LogP contribution is -2.13. The summed E-state index contributed by atoms with van der Waals surface area (Å²) < 4.78 is 6.59. The van der Waals surface area contributed by atoms with E-state index in [0.29, 0.717) is 23.6 Å². The molecule has 0 unspecified atom stereocenters. The molecule has 1 amide bonds. The zero-order valence-electron chi connectivity index (χ0n) is 16.2. The number of carbonyl (C=O) groups is 1. The Balaban J connectivity index is 1.70. The van der Waals surface area contributed by atoms with E-state index in [9.17, 15) is 15.2 Å². The third kappa shape index (κ3) is 5.72. The largest absolute Gasteiger partial charge is 0.508 e. The second-order valence-corrected chi connectivity index (χ2v) is 7.49. The topological polar surface area (TPSA) is 82.3 Å². The Hall–Kier alpha value is -3.56. The van der Waals surface area contributed by atoms with Gasteiger partial charge in [0.25, 0.3) is 5.91 Å². The number of ether oxygens (including phenoxy) is 1. The average Bonchev–Trinajstić information content (AvgIpc) is 2.73. The van der Waals surface area contributed by atoms with Gasteiger partial charge < -0.3 is 15.2 Å². The number of hydrogen-bond acceptors (Lipinski definition) is 4. The molecule has 30 heavy (non-hydrogen) atoms. The fourth-order valence-corrected chi connectivity index (χ4v) is 3.26. The number of carbonyl (C=O) groups excluding carboxylic acids is 1. The number of aromatic hydroxyl groups is 1. The lowest BCUT2D eigenvalue weighted by Gasteiger charge is -2.10. The summed E-state index contributed by atoms with van der Waals surface area (Å²) in [6, 6.07) is 21.4. The van der Waals surface area contributed by atoms with Crippen LogP contribution in [-0.2, 0) is 11.4 Å². The molecular formula is C24H19BrN2O3. The third-order valence-corrected chi connectivity index (χ3v) is 4.85.